The van der Waals surface area contributed by atoms with Crippen LogP contribution in [-0.2, 0) is 80.8 Å². The first-order valence-corrected chi connectivity index (χ1v) is 45.2. The number of aliphatic carboxylic acids is 2. The molecule has 12 unspecified atom stereocenters. The Morgan fingerprint density at radius 2 is 0.833 bits per heavy atom. The highest BCUT2D eigenvalue weighted by Crippen LogP contribution is 2.42. The Labute approximate surface area is 735 Å². The lowest BCUT2D eigenvalue weighted by molar-refractivity contribution is -0.393. The quantitative estimate of drug-likeness (QED) is 0.0210. The summed E-state index contributed by atoms with van der Waals surface area (Å²) in [7, 11) is 0. The Morgan fingerprint density at radius 1 is 0.429 bits per heavy atom. The molecule has 42 nitrogen and oxygen atoms in total. The summed E-state index contributed by atoms with van der Waals surface area (Å²) in [5.41, 5.74) is 0. The maximum Gasteiger partial charge on any atom is 0.364 e. The number of aliphatic hydroxyl groups is 20. The molecule has 0 aromatic carbocycles. The van der Waals surface area contributed by atoms with Crippen molar-refractivity contribution in [1.82, 2.24) is 16.0 Å². The van der Waals surface area contributed by atoms with E-state index in [0.29, 0.717) is 12.8 Å². The van der Waals surface area contributed by atoms with Crippen molar-refractivity contribution in [3.8, 4) is 0 Å². The molecular formula is C84H149N3O39. The average Bonchev–Trinajstić information content (AvgIpc) is 0.752. The summed E-state index contributed by atoms with van der Waals surface area (Å²) < 4.78 is 71.1. The summed E-state index contributed by atoms with van der Waals surface area (Å²) in [6.45, 7) is -1.52. The van der Waals surface area contributed by atoms with Crippen molar-refractivity contribution in [3.63, 3.8) is 0 Å². The topological polar surface area (TPSA) is 677 Å². The molecule has 126 heavy (non-hydrogen) atoms. The van der Waals surface area contributed by atoms with Gasteiger partial charge in [-0.15, -0.1) is 0 Å². The SMILES string of the molecule is CCCCCCCCCCCCC/C=C/[C@@H](O)[C@H](CO[C@@H]1OC(CO)[C@@H](O[C@@H]2OC(CO)[C@H](O[C@@H]3OC(CO[C@]4(C(=O)O)CC(O)[C@@H](NC(C)=O)C([C@H](O)[C@H](O)CO)O4)[C@H](O)[C@H](O[C@@H]4OC(CO)[C@H](O)[C@H](O[C@]5(C(=O)O)CC(O)[C@@H](O)C([C@H](O)[C@H](O)CO)O5)C4O)C3NC(C)=O)[C@H](O)C2O)[C@H](O)C1O)NC(=O)CCCCCCCCCCCCCCCCCCC. The van der Waals surface area contributed by atoms with Gasteiger partial charge in [-0.3, -0.25) is 14.4 Å². The molecule has 0 radical (unpaired) electrons. The zero-order valence-electron chi connectivity index (χ0n) is 73.0. The number of unbranched alkanes of at least 4 members (excludes halogenated alkanes) is 27. The molecule has 6 aliphatic rings. The largest absolute Gasteiger partial charge is 0.477 e. The first kappa shape index (κ1) is 111. The summed E-state index contributed by atoms with van der Waals surface area (Å²) in [5, 5.41) is 253. The molecule has 6 rings (SSSR count). The predicted octanol–water partition coefficient (Wildman–Crippen LogP) is -3.23. The predicted molar refractivity (Wildman–Crippen MR) is 437 cm³/mol. The third kappa shape index (κ3) is 32.6. The zero-order chi connectivity index (χ0) is 93.0. The number of allylic oxidation sites excluding steroid dienone is 1. The number of hydrogen-bond acceptors (Lipinski definition) is 37. The van der Waals surface area contributed by atoms with Crippen molar-refractivity contribution >= 4 is 29.7 Å². The van der Waals surface area contributed by atoms with E-state index in [9.17, 15) is 136 Å². The van der Waals surface area contributed by atoms with Crippen LogP contribution in [0.3, 0.4) is 0 Å². The second kappa shape index (κ2) is 56.7. The van der Waals surface area contributed by atoms with Crippen LogP contribution in [-0.4, -0.2) is 396 Å². The van der Waals surface area contributed by atoms with Gasteiger partial charge in [-0.1, -0.05) is 193 Å². The van der Waals surface area contributed by atoms with Crippen molar-refractivity contribution in [2.45, 2.75) is 441 Å². The molecule has 6 fully saturated rings. The fourth-order valence-corrected chi connectivity index (χ4v) is 16.7. The third-order valence-corrected chi connectivity index (χ3v) is 24.2. The van der Waals surface area contributed by atoms with E-state index in [0.717, 1.165) is 71.6 Å². The van der Waals surface area contributed by atoms with Gasteiger partial charge in [-0.05, 0) is 19.3 Å². The summed E-state index contributed by atoms with van der Waals surface area (Å²) in [6, 6.07) is -5.02. The van der Waals surface area contributed by atoms with E-state index in [4.69, 9.17) is 56.8 Å². The van der Waals surface area contributed by atoms with Crippen molar-refractivity contribution in [1.29, 1.82) is 0 Å². The average molecular weight is 1830 g/mol. The van der Waals surface area contributed by atoms with Gasteiger partial charge >= 0.3 is 11.9 Å². The number of rotatable bonds is 60. The van der Waals surface area contributed by atoms with E-state index in [1.54, 1.807) is 0 Å². The first-order valence-electron chi connectivity index (χ1n) is 45.2. The van der Waals surface area contributed by atoms with Crippen LogP contribution in [0.1, 0.15) is 233 Å². The standard InChI is InChI=1S/C84H149N3O39/c1-5-7-9-11-13-15-17-19-20-21-22-24-26-28-30-32-34-36-58(100)87-48(49(95)35-33-31-29-27-25-23-18-16-14-12-10-8-6-2)44-115-78-68(108)66(106)72(55(42-91)118-78)122-79-69(109)67(107)71(56(43-92)119-79)121-77-60(86-47(4)94)73(65(105)57(120-77)45-116-83(81(111)112)37-50(96)59(85-46(3)93)74(124-83)62(102)52(98)39-88)123-80-70(110)76(64(104)54(41-90)117-80)126-84(82(113)114)38-51(97)61(101)75(125-84)63(103)53(99)40-89/h33,35,48-57,59-80,88-92,95-99,101-110H,5-32,34,36-45H2,1-4H3,(H,85,93)(H,86,94)(H,87,100)(H,111,112)(H,113,114)/b35-33+/t48-,49+,50?,51?,52+,53+,54?,55?,56?,57?,59+,60?,61+,62+,63+,64-,65-,66+,67+,68?,69?,70?,71-,72+,73+,74?,75?,76-,77-,78+,79-,80-,83+,84-/m0/s1. The van der Waals surface area contributed by atoms with Gasteiger partial charge in [-0.2, -0.15) is 0 Å². The van der Waals surface area contributed by atoms with Crippen molar-refractivity contribution in [2.75, 3.05) is 46.2 Å². The second-order valence-corrected chi connectivity index (χ2v) is 34.3. The molecule has 6 heterocycles. The number of carbonyl (C=O) groups is 5. The molecule has 0 aliphatic carbocycles. The van der Waals surface area contributed by atoms with Crippen molar-refractivity contribution in [2.24, 2.45) is 0 Å². The van der Waals surface area contributed by atoms with Gasteiger partial charge in [0.05, 0.1) is 76.6 Å². The smallest absolute Gasteiger partial charge is 0.364 e. The van der Waals surface area contributed by atoms with Crippen molar-refractivity contribution in [3.05, 3.63) is 12.2 Å². The van der Waals surface area contributed by atoms with Crippen LogP contribution >= 0.6 is 0 Å². The van der Waals surface area contributed by atoms with Gasteiger partial charge in [0.25, 0.3) is 11.6 Å². The molecule has 0 aromatic heterocycles. The molecule has 34 atom stereocenters. The molecule has 0 spiro atoms. The van der Waals surface area contributed by atoms with Gasteiger partial charge in [0.15, 0.2) is 25.2 Å². The Kier molecular flexibility index (Phi) is 49.8. The number of hydrogen-bond donors (Lipinski definition) is 25. The monoisotopic (exact) mass is 1820 g/mol. The minimum Gasteiger partial charge on any atom is -0.477 e. The molecule has 6 saturated heterocycles. The molecule has 42 heteroatoms. The van der Waals surface area contributed by atoms with Gasteiger partial charge in [0, 0.05) is 33.1 Å². The van der Waals surface area contributed by atoms with E-state index in [1.165, 1.54) is 122 Å². The lowest BCUT2D eigenvalue weighted by Crippen LogP contribution is -2.71. The number of carboxylic acids is 2. The Hall–Kier alpha value is -4.19. The van der Waals surface area contributed by atoms with Gasteiger partial charge in [0.2, 0.25) is 17.7 Å². The fraction of sp³-hybridized carbons (Fsp3) is 0.917. The number of amides is 3. The normalized spacial score (nSPS) is 35.4. The Morgan fingerprint density at radius 3 is 1.32 bits per heavy atom. The van der Waals surface area contributed by atoms with Crippen LogP contribution in [0.2, 0.25) is 0 Å². The molecule has 25 N–H and O–H groups in total. The van der Waals surface area contributed by atoms with Gasteiger partial charge in [0.1, 0.15) is 140 Å². The molecule has 3 amide bonds. The number of carboxylic acid groups (broad SMARTS) is 2. The number of carbonyl (C=O) groups excluding carboxylic acids is 3. The third-order valence-electron chi connectivity index (χ3n) is 24.2. The number of ether oxygens (including phenoxy) is 12. The van der Waals surface area contributed by atoms with E-state index in [-0.39, 0.29) is 12.3 Å². The number of aliphatic hydroxyl groups excluding tert-OH is 20. The van der Waals surface area contributed by atoms with Crippen LogP contribution in [0.15, 0.2) is 12.2 Å². The molecular weight excluding hydrogens is 1670 g/mol. The highest BCUT2D eigenvalue weighted by Gasteiger charge is 2.63. The van der Waals surface area contributed by atoms with Gasteiger partial charge in [-0.25, -0.2) is 9.59 Å². The molecule has 0 aromatic rings. The fourth-order valence-electron chi connectivity index (χ4n) is 16.7. The lowest BCUT2D eigenvalue weighted by atomic mass is 9.88. The molecule has 6 aliphatic heterocycles. The maximum absolute atomic E-state index is 13.6. The van der Waals surface area contributed by atoms with Crippen LogP contribution in [0.25, 0.3) is 0 Å². The Bertz CT molecular complexity index is 3110. The first-order chi connectivity index (χ1) is 60.1. The molecule has 734 valence electrons. The summed E-state index contributed by atoms with van der Waals surface area (Å²) in [4.78, 5) is 66.2. The Balaban J connectivity index is 1.22. The minimum atomic E-state index is -3.36. The van der Waals surface area contributed by atoms with Crippen LogP contribution < -0.4 is 16.0 Å². The van der Waals surface area contributed by atoms with E-state index >= 15 is 0 Å². The van der Waals surface area contributed by atoms with Crippen LogP contribution in [0.4, 0.5) is 0 Å². The summed E-state index contributed by atoms with van der Waals surface area (Å²) in [5.74, 6) is -13.2. The van der Waals surface area contributed by atoms with Crippen molar-refractivity contribution < 1.29 is 193 Å². The highest BCUT2D eigenvalue weighted by atomic mass is 16.8. The van der Waals surface area contributed by atoms with E-state index in [1.807, 2.05) is 6.08 Å². The number of nitrogens with one attached hydrogen (secondary N) is 3. The zero-order valence-corrected chi connectivity index (χ0v) is 73.0. The van der Waals surface area contributed by atoms with Crippen LogP contribution in [0.5, 0.6) is 0 Å². The van der Waals surface area contributed by atoms with Gasteiger partial charge < -0.3 is 185 Å². The second-order valence-electron chi connectivity index (χ2n) is 34.3. The maximum atomic E-state index is 13.6. The highest BCUT2D eigenvalue weighted by molar-refractivity contribution is 5.77. The lowest BCUT2D eigenvalue weighted by Gasteiger charge is -2.51. The molecule has 0 bridgehead atoms. The summed E-state index contributed by atoms with van der Waals surface area (Å²) >= 11 is 0. The molecule has 0 saturated carbocycles. The van der Waals surface area contributed by atoms with E-state index < -0.39 is 290 Å². The van der Waals surface area contributed by atoms with E-state index in [2.05, 4.69) is 29.8 Å². The minimum absolute atomic E-state index is 0.131. The van der Waals surface area contributed by atoms with Crippen LogP contribution in [0, 0.1) is 0 Å². The summed E-state index contributed by atoms with van der Waals surface area (Å²) in [6.07, 6.45) is -29.7.